The Balaban J connectivity index is 1.35. The van der Waals surface area contributed by atoms with Crippen molar-refractivity contribution in [2.24, 2.45) is 0 Å². The lowest BCUT2D eigenvalue weighted by molar-refractivity contribution is 0.0926. The molecule has 6 heteroatoms. The number of carbonyl (C=O) groups is 2. The van der Waals surface area contributed by atoms with Crippen LogP contribution in [0.5, 0.6) is 0 Å². The van der Waals surface area contributed by atoms with Gasteiger partial charge in [0.1, 0.15) is 0 Å². The molecule has 0 atom stereocenters. The number of imide groups is 1. The zero-order valence-corrected chi connectivity index (χ0v) is 24.3. The van der Waals surface area contributed by atoms with Crippen LogP contribution in [0.25, 0.3) is 49.7 Å². The summed E-state index contributed by atoms with van der Waals surface area (Å²) < 4.78 is 2.03. The number of carbonyl (C=O) groups excluding carboxylic acids is 2. The summed E-state index contributed by atoms with van der Waals surface area (Å²) in [7, 11) is 0. The first-order valence-corrected chi connectivity index (χ1v) is 14.7. The number of aromatic nitrogens is 1. The number of nitriles is 2. The van der Waals surface area contributed by atoms with Crippen LogP contribution in [0.1, 0.15) is 31.8 Å². The second-order valence-electron chi connectivity index (χ2n) is 11.1. The van der Waals surface area contributed by atoms with Crippen LogP contribution in [0, 0.1) is 22.7 Å². The molecule has 0 radical (unpaired) electrons. The Labute approximate surface area is 264 Å². The lowest BCUT2D eigenvalue weighted by Gasteiger charge is -2.18. The normalized spacial score (nSPS) is 12.3. The Bertz CT molecular complexity index is 2460. The molecule has 0 aliphatic carbocycles. The van der Waals surface area contributed by atoms with Crippen LogP contribution < -0.4 is 4.90 Å². The fraction of sp³-hybridized carbons (Fsp3) is 0. The van der Waals surface area contributed by atoms with Gasteiger partial charge in [0.15, 0.2) is 0 Å². The topological polar surface area (TPSA) is 89.9 Å². The number of fused-ring (bicyclic) bond motifs is 4. The van der Waals surface area contributed by atoms with Gasteiger partial charge in [0.05, 0.1) is 56.8 Å². The first kappa shape index (κ1) is 26.8. The minimum Gasteiger partial charge on any atom is -0.308 e. The molecule has 8 rings (SSSR count). The first-order chi connectivity index (χ1) is 22.6. The summed E-state index contributed by atoms with van der Waals surface area (Å²) in [6.45, 7) is 0. The van der Waals surface area contributed by atoms with Crippen molar-refractivity contribution in [1.82, 2.24) is 4.57 Å². The van der Waals surface area contributed by atoms with Crippen molar-refractivity contribution >= 4 is 39.3 Å². The predicted molar refractivity (Wildman–Crippen MR) is 179 cm³/mol. The zero-order chi connectivity index (χ0) is 31.4. The third-order valence-corrected chi connectivity index (χ3v) is 8.56. The fourth-order valence-electron chi connectivity index (χ4n) is 6.54. The molecule has 0 spiro atoms. The highest BCUT2D eigenvalue weighted by Gasteiger charge is 2.40. The number of benzene rings is 6. The van der Waals surface area contributed by atoms with Crippen LogP contribution in [0.15, 0.2) is 133 Å². The maximum Gasteiger partial charge on any atom is 0.268 e. The highest BCUT2D eigenvalue weighted by Crippen LogP contribution is 2.41. The molecule has 214 valence electrons. The van der Waals surface area contributed by atoms with Gasteiger partial charge in [-0.15, -0.1) is 0 Å². The summed E-state index contributed by atoms with van der Waals surface area (Å²) in [4.78, 5) is 29.8. The highest BCUT2D eigenvalue weighted by atomic mass is 16.2. The van der Waals surface area contributed by atoms with Crippen LogP contribution in [0.2, 0.25) is 0 Å². The summed E-state index contributed by atoms with van der Waals surface area (Å²) in [6.07, 6.45) is 0. The molecule has 0 bridgehead atoms. The summed E-state index contributed by atoms with van der Waals surface area (Å²) in [5, 5.41) is 21.1. The SMILES string of the molecule is N#Cc1cc(C#N)cc(-c2ccc3c4ccccc4n(-c4cccc5c4C(=O)N(c4ccccc4-c4ccccc4)C5=O)c3c2)c1. The largest absolute Gasteiger partial charge is 0.308 e. The Morgan fingerprint density at radius 3 is 1.91 bits per heavy atom. The van der Waals surface area contributed by atoms with Gasteiger partial charge in [-0.1, -0.05) is 84.9 Å². The molecular formula is C40H22N4O2. The van der Waals surface area contributed by atoms with E-state index >= 15 is 0 Å². The Kier molecular flexibility index (Phi) is 6.10. The molecular weight excluding hydrogens is 568 g/mol. The number of hydrogen-bond acceptors (Lipinski definition) is 4. The van der Waals surface area contributed by atoms with Crippen molar-refractivity contribution in [2.75, 3.05) is 4.90 Å². The van der Waals surface area contributed by atoms with E-state index in [0.29, 0.717) is 33.6 Å². The highest BCUT2D eigenvalue weighted by molar-refractivity contribution is 6.36. The molecule has 0 fully saturated rings. The summed E-state index contributed by atoms with van der Waals surface area (Å²) in [5.41, 5.74) is 7.57. The number of rotatable bonds is 4. The number of anilines is 1. The van der Waals surface area contributed by atoms with E-state index in [1.807, 2.05) is 108 Å². The van der Waals surface area contributed by atoms with E-state index in [2.05, 4.69) is 12.1 Å². The van der Waals surface area contributed by atoms with Crippen molar-refractivity contribution in [3.63, 3.8) is 0 Å². The second-order valence-corrected chi connectivity index (χ2v) is 11.1. The molecule has 0 N–H and O–H groups in total. The van der Waals surface area contributed by atoms with Gasteiger partial charge in [-0.25, -0.2) is 4.90 Å². The van der Waals surface area contributed by atoms with E-state index in [0.717, 1.165) is 44.1 Å². The zero-order valence-electron chi connectivity index (χ0n) is 24.3. The molecule has 0 saturated carbocycles. The Hall–Kier alpha value is -6.76. The van der Waals surface area contributed by atoms with Gasteiger partial charge >= 0.3 is 0 Å². The lowest BCUT2D eigenvalue weighted by atomic mass is 9.99. The fourth-order valence-corrected chi connectivity index (χ4v) is 6.54. The molecule has 2 amide bonds. The maximum atomic E-state index is 14.4. The summed E-state index contributed by atoms with van der Waals surface area (Å²) >= 11 is 0. The number of hydrogen-bond donors (Lipinski definition) is 0. The number of nitrogens with zero attached hydrogens (tertiary/aromatic N) is 4. The molecule has 6 nitrogen and oxygen atoms in total. The number of amides is 2. The van der Waals surface area contributed by atoms with Crippen LogP contribution in [-0.4, -0.2) is 16.4 Å². The second kappa shape index (κ2) is 10.4. The van der Waals surface area contributed by atoms with Crippen LogP contribution in [0.3, 0.4) is 0 Å². The van der Waals surface area contributed by atoms with Gasteiger partial charge in [-0.05, 0) is 65.2 Å². The molecule has 1 aliphatic rings. The molecule has 0 unspecified atom stereocenters. The Morgan fingerprint density at radius 2 is 1.13 bits per heavy atom. The van der Waals surface area contributed by atoms with Gasteiger partial charge in [0, 0.05) is 16.3 Å². The third-order valence-electron chi connectivity index (χ3n) is 8.56. The van der Waals surface area contributed by atoms with E-state index in [1.165, 1.54) is 4.90 Å². The average molecular weight is 591 g/mol. The van der Waals surface area contributed by atoms with Gasteiger partial charge in [-0.2, -0.15) is 10.5 Å². The molecule has 1 aromatic heterocycles. The standard InChI is InChI=1S/C40H22N4O2/c41-23-25-19-26(24-42)21-29(20-25)28-17-18-32-31-12-5-7-15-35(31)43(37(32)22-28)36-16-8-13-33-38(36)40(46)44(39(33)45)34-14-6-4-11-30(34)27-9-2-1-3-10-27/h1-22H. The maximum absolute atomic E-state index is 14.4. The van der Waals surface area contributed by atoms with Gasteiger partial charge in [0.25, 0.3) is 11.8 Å². The molecule has 6 aromatic carbocycles. The lowest BCUT2D eigenvalue weighted by Crippen LogP contribution is -2.30. The average Bonchev–Trinajstić information content (AvgIpc) is 3.58. The summed E-state index contributed by atoms with van der Waals surface area (Å²) in [5.74, 6) is -0.759. The van der Waals surface area contributed by atoms with Crippen LogP contribution >= 0.6 is 0 Å². The van der Waals surface area contributed by atoms with Gasteiger partial charge in [-0.3, -0.25) is 9.59 Å². The minimum atomic E-state index is -0.388. The van der Waals surface area contributed by atoms with E-state index < -0.39 is 0 Å². The van der Waals surface area contributed by atoms with E-state index in [9.17, 15) is 20.1 Å². The molecule has 7 aromatic rings. The van der Waals surface area contributed by atoms with Crippen molar-refractivity contribution in [3.05, 3.63) is 156 Å². The molecule has 1 aliphatic heterocycles. The minimum absolute atomic E-state index is 0.335. The first-order valence-electron chi connectivity index (χ1n) is 14.7. The van der Waals surface area contributed by atoms with Crippen molar-refractivity contribution < 1.29 is 9.59 Å². The number of para-hydroxylation sites is 2. The van der Waals surface area contributed by atoms with Gasteiger partial charge in [0.2, 0.25) is 0 Å². The molecule has 46 heavy (non-hydrogen) atoms. The van der Waals surface area contributed by atoms with E-state index in [1.54, 1.807) is 30.3 Å². The monoisotopic (exact) mass is 590 g/mol. The van der Waals surface area contributed by atoms with Crippen molar-refractivity contribution in [3.8, 4) is 40.1 Å². The Morgan fingerprint density at radius 1 is 0.478 bits per heavy atom. The molecule has 0 saturated heterocycles. The van der Waals surface area contributed by atoms with Crippen LogP contribution in [-0.2, 0) is 0 Å². The van der Waals surface area contributed by atoms with E-state index in [4.69, 9.17) is 0 Å². The van der Waals surface area contributed by atoms with Crippen molar-refractivity contribution in [1.29, 1.82) is 10.5 Å². The van der Waals surface area contributed by atoms with Crippen LogP contribution in [0.4, 0.5) is 5.69 Å². The quantitative estimate of drug-likeness (QED) is 0.192. The molecule has 2 heterocycles. The predicted octanol–water partition coefficient (Wildman–Crippen LogP) is 8.66. The summed E-state index contributed by atoms with van der Waals surface area (Å²) in [6, 6.07) is 45.9. The van der Waals surface area contributed by atoms with Gasteiger partial charge < -0.3 is 4.57 Å². The third kappa shape index (κ3) is 4.02. The smallest absolute Gasteiger partial charge is 0.268 e. The van der Waals surface area contributed by atoms with Crippen molar-refractivity contribution in [2.45, 2.75) is 0 Å². The van der Waals surface area contributed by atoms with E-state index in [-0.39, 0.29) is 11.8 Å².